The van der Waals surface area contributed by atoms with Gasteiger partial charge in [-0.3, -0.25) is 0 Å². The summed E-state index contributed by atoms with van der Waals surface area (Å²) in [6.07, 6.45) is 2.02. The predicted octanol–water partition coefficient (Wildman–Crippen LogP) is 2.17. The minimum absolute atomic E-state index is 0.0134. The van der Waals surface area contributed by atoms with Crippen molar-refractivity contribution in [2.24, 2.45) is 0 Å². The van der Waals surface area contributed by atoms with Gasteiger partial charge in [0.15, 0.2) is 5.82 Å². The van der Waals surface area contributed by atoms with Gasteiger partial charge in [-0.05, 0) is 26.8 Å². The van der Waals surface area contributed by atoms with Gasteiger partial charge in [-0.15, -0.1) is 0 Å². The lowest BCUT2D eigenvalue weighted by atomic mass is 10.1. The maximum atomic E-state index is 5.83. The minimum Gasteiger partial charge on any atom is -0.370 e. The minimum atomic E-state index is -0.0134. The predicted molar refractivity (Wildman–Crippen MR) is 81.1 cm³/mol. The highest BCUT2D eigenvalue weighted by Gasteiger charge is 2.23. The molecule has 5 nitrogen and oxygen atoms in total. The lowest BCUT2D eigenvalue weighted by molar-refractivity contribution is -0.0255. The first-order valence-corrected chi connectivity index (χ1v) is 7.57. The summed E-state index contributed by atoms with van der Waals surface area (Å²) in [5.41, 5.74) is 2.28. The van der Waals surface area contributed by atoms with Gasteiger partial charge >= 0.3 is 0 Å². The number of nitrogens with zero attached hydrogens (tertiary/aromatic N) is 3. The summed E-state index contributed by atoms with van der Waals surface area (Å²) in [5.74, 6) is 1.79. The number of morpholine rings is 1. The van der Waals surface area contributed by atoms with Crippen molar-refractivity contribution in [3.05, 3.63) is 17.1 Å². The number of rotatable bonds is 5. The van der Waals surface area contributed by atoms with Crippen LogP contribution in [0.1, 0.15) is 43.5 Å². The van der Waals surface area contributed by atoms with Crippen LogP contribution in [0.25, 0.3) is 0 Å². The van der Waals surface area contributed by atoms with Gasteiger partial charge in [0.2, 0.25) is 0 Å². The molecule has 1 fully saturated rings. The molecule has 112 valence electrons. The van der Waals surface area contributed by atoms with Gasteiger partial charge in [0.25, 0.3) is 0 Å². The number of hydrogen-bond acceptors (Lipinski definition) is 5. The first-order chi connectivity index (χ1) is 9.65. The molecule has 0 amide bonds. The van der Waals surface area contributed by atoms with Gasteiger partial charge in [0.05, 0.1) is 6.61 Å². The molecule has 1 unspecified atom stereocenters. The van der Waals surface area contributed by atoms with Gasteiger partial charge in [-0.25, -0.2) is 9.97 Å². The van der Waals surface area contributed by atoms with E-state index in [2.05, 4.69) is 43.0 Å². The second kappa shape index (κ2) is 6.99. The van der Waals surface area contributed by atoms with E-state index in [9.17, 15) is 0 Å². The van der Waals surface area contributed by atoms with Gasteiger partial charge < -0.3 is 15.0 Å². The van der Waals surface area contributed by atoms with Crippen molar-refractivity contribution in [2.45, 2.75) is 39.7 Å². The van der Waals surface area contributed by atoms with Crippen LogP contribution in [0, 0.1) is 6.92 Å². The fourth-order valence-corrected chi connectivity index (χ4v) is 2.51. The summed E-state index contributed by atoms with van der Waals surface area (Å²) in [4.78, 5) is 11.7. The highest BCUT2D eigenvalue weighted by molar-refractivity contribution is 5.46. The van der Waals surface area contributed by atoms with Crippen LogP contribution >= 0.6 is 0 Å². The molecule has 2 heterocycles. The number of anilines is 1. The quantitative estimate of drug-likeness (QED) is 0.894. The van der Waals surface area contributed by atoms with E-state index >= 15 is 0 Å². The molecule has 5 heteroatoms. The molecule has 0 spiro atoms. The molecule has 2 rings (SSSR count). The Bertz CT molecular complexity index is 450. The molecule has 1 saturated heterocycles. The molecular formula is C15H26N4O. The second-order valence-electron chi connectivity index (χ2n) is 5.40. The van der Waals surface area contributed by atoms with Crippen LogP contribution < -0.4 is 5.32 Å². The van der Waals surface area contributed by atoms with E-state index in [1.165, 1.54) is 5.56 Å². The molecule has 1 aliphatic heterocycles. The number of ether oxygens (including phenoxy) is 1. The Morgan fingerprint density at radius 2 is 2.15 bits per heavy atom. The molecule has 0 bridgehead atoms. The summed E-state index contributed by atoms with van der Waals surface area (Å²) in [6, 6.07) is 0. The normalized spacial score (nSPS) is 20.1. The number of aryl methyl sites for hydroxylation is 1. The third kappa shape index (κ3) is 3.46. The van der Waals surface area contributed by atoms with Gasteiger partial charge in [-0.2, -0.15) is 0 Å². The third-order valence-electron chi connectivity index (χ3n) is 3.68. The molecule has 1 atom stereocenters. The van der Waals surface area contributed by atoms with Crippen LogP contribution in [-0.4, -0.2) is 48.2 Å². The van der Waals surface area contributed by atoms with Crippen molar-refractivity contribution in [1.29, 1.82) is 0 Å². The van der Waals surface area contributed by atoms with E-state index < -0.39 is 0 Å². The second-order valence-corrected chi connectivity index (χ2v) is 5.40. The number of nitrogens with one attached hydrogen (secondary N) is 1. The highest BCUT2D eigenvalue weighted by Crippen LogP contribution is 2.23. The molecule has 1 aromatic heterocycles. The van der Waals surface area contributed by atoms with Crippen LogP contribution in [0.15, 0.2) is 0 Å². The maximum Gasteiger partial charge on any atom is 0.161 e. The monoisotopic (exact) mass is 278 g/mol. The zero-order chi connectivity index (χ0) is 14.5. The molecule has 0 aromatic carbocycles. The van der Waals surface area contributed by atoms with Crippen molar-refractivity contribution >= 4 is 5.82 Å². The Hall–Kier alpha value is -1.20. The van der Waals surface area contributed by atoms with Gasteiger partial charge in [0, 0.05) is 30.9 Å². The smallest absolute Gasteiger partial charge is 0.161 e. The molecule has 0 radical (unpaired) electrons. The topological polar surface area (TPSA) is 50.3 Å². The lowest BCUT2D eigenvalue weighted by Gasteiger charge is -2.29. The largest absolute Gasteiger partial charge is 0.370 e. The summed E-state index contributed by atoms with van der Waals surface area (Å²) >= 11 is 0. The van der Waals surface area contributed by atoms with Crippen LogP contribution in [0.2, 0.25) is 0 Å². The van der Waals surface area contributed by atoms with Crippen LogP contribution in [0.3, 0.4) is 0 Å². The average molecular weight is 278 g/mol. The van der Waals surface area contributed by atoms with E-state index in [1.54, 1.807) is 0 Å². The zero-order valence-electron chi connectivity index (χ0n) is 13.1. The summed E-state index contributed by atoms with van der Waals surface area (Å²) in [7, 11) is 2.11. The number of hydrogen-bond donors (Lipinski definition) is 1. The molecule has 1 N–H and O–H groups in total. The third-order valence-corrected chi connectivity index (χ3v) is 3.68. The summed E-state index contributed by atoms with van der Waals surface area (Å²) < 4.78 is 5.83. The molecule has 0 saturated carbocycles. The van der Waals surface area contributed by atoms with E-state index in [4.69, 9.17) is 9.72 Å². The van der Waals surface area contributed by atoms with Crippen molar-refractivity contribution in [3.8, 4) is 0 Å². The van der Waals surface area contributed by atoms with Crippen molar-refractivity contribution < 1.29 is 4.74 Å². The zero-order valence-corrected chi connectivity index (χ0v) is 13.1. The molecular weight excluding hydrogens is 252 g/mol. The Labute approximate surface area is 121 Å². The van der Waals surface area contributed by atoms with Crippen LogP contribution in [-0.2, 0) is 11.2 Å². The Kier molecular flexibility index (Phi) is 5.31. The first kappa shape index (κ1) is 15.2. The summed E-state index contributed by atoms with van der Waals surface area (Å²) in [6.45, 7) is 9.89. The van der Waals surface area contributed by atoms with Gasteiger partial charge in [0.1, 0.15) is 11.9 Å². The molecule has 1 aromatic rings. The molecule has 0 aliphatic carbocycles. The maximum absolute atomic E-state index is 5.83. The van der Waals surface area contributed by atoms with E-state index in [0.29, 0.717) is 0 Å². The fourth-order valence-electron chi connectivity index (χ4n) is 2.51. The first-order valence-electron chi connectivity index (χ1n) is 7.57. The lowest BCUT2D eigenvalue weighted by Crippen LogP contribution is -2.36. The Balaban J connectivity index is 2.26. The SMILES string of the molecule is CCCNc1nc(C2CN(C)CCO2)nc(C)c1CC. The van der Waals surface area contributed by atoms with Crippen molar-refractivity contribution in [3.63, 3.8) is 0 Å². The van der Waals surface area contributed by atoms with E-state index in [1.807, 2.05) is 0 Å². The fraction of sp³-hybridized carbons (Fsp3) is 0.733. The standard InChI is InChI=1S/C15H26N4O/c1-5-7-16-14-12(6-2)11(3)17-15(18-14)13-10-19(4)8-9-20-13/h13H,5-10H2,1-4H3,(H,16,17,18). The number of likely N-dealkylation sites (N-methyl/N-ethyl adjacent to an activating group) is 1. The van der Waals surface area contributed by atoms with Crippen LogP contribution in [0.4, 0.5) is 5.82 Å². The van der Waals surface area contributed by atoms with Crippen LogP contribution in [0.5, 0.6) is 0 Å². The Morgan fingerprint density at radius 1 is 1.35 bits per heavy atom. The molecule has 1 aliphatic rings. The van der Waals surface area contributed by atoms with Crippen molar-refractivity contribution in [1.82, 2.24) is 14.9 Å². The highest BCUT2D eigenvalue weighted by atomic mass is 16.5. The van der Waals surface area contributed by atoms with E-state index in [-0.39, 0.29) is 6.10 Å². The van der Waals surface area contributed by atoms with Crippen molar-refractivity contribution in [2.75, 3.05) is 38.6 Å². The van der Waals surface area contributed by atoms with Gasteiger partial charge in [-0.1, -0.05) is 13.8 Å². The number of aromatic nitrogens is 2. The average Bonchev–Trinajstić information content (AvgIpc) is 2.44. The Morgan fingerprint density at radius 3 is 2.80 bits per heavy atom. The van der Waals surface area contributed by atoms with E-state index in [0.717, 1.165) is 56.4 Å². The molecule has 20 heavy (non-hydrogen) atoms. The summed E-state index contributed by atoms with van der Waals surface area (Å²) in [5, 5.41) is 3.43.